The van der Waals surface area contributed by atoms with Crippen molar-refractivity contribution in [3.63, 3.8) is 0 Å². The quantitative estimate of drug-likeness (QED) is 0.573. The molecule has 0 aromatic carbocycles. The van der Waals surface area contributed by atoms with Crippen LogP contribution < -0.4 is 5.56 Å². The normalized spacial score (nSPS) is 9.86. The average Bonchev–Trinajstić information content (AvgIpc) is 2.10. The first-order valence-electron chi connectivity index (χ1n) is 4.16. The average molecular weight is 199 g/mol. The summed E-state index contributed by atoms with van der Waals surface area (Å²) in [5.41, 5.74) is -0.404. The van der Waals surface area contributed by atoms with Crippen molar-refractivity contribution in [2.24, 2.45) is 0 Å². The van der Waals surface area contributed by atoms with E-state index >= 15 is 0 Å². The first-order chi connectivity index (χ1) is 6.63. The lowest BCUT2D eigenvalue weighted by molar-refractivity contribution is -0.142. The Morgan fingerprint density at radius 2 is 2.29 bits per heavy atom. The molecular formula is C9H10FNO3. The highest BCUT2D eigenvalue weighted by Crippen LogP contribution is 2.02. The molecule has 14 heavy (non-hydrogen) atoms. The van der Waals surface area contributed by atoms with Gasteiger partial charge in [0.15, 0.2) is 5.95 Å². The van der Waals surface area contributed by atoms with Gasteiger partial charge in [-0.15, -0.1) is 0 Å². The molecule has 1 heterocycles. The van der Waals surface area contributed by atoms with Gasteiger partial charge in [0.1, 0.15) is 0 Å². The molecule has 0 radical (unpaired) electrons. The molecule has 76 valence electrons. The van der Waals surface area contributed by atoms with Crippen LogP contribution in [0.25, 0.3) is 0 Å². The number of nitrogens with one attached hydrogen (secondary N) is 1. The van der Waals surface area contributed by atoms with E-state index in [0.29, 0.717) is 0 Å². The van der Waals surface area contributed by atoms with Crippen LogP contribution in [0.4, 0.5) is 4.39 Å². The Kier molecular flexibility index (Phi) is 3.39. The van der Waals surface area contributed by atoms with Crippen LogP contribution in [0.1, 0.15) is 12.5 Å². The van der Waals surface area contributed by atoms with Gasteiger partial charge in [-0.3, -0.25) is 14.6 Å². The number of rotatable bonds is 3. The van der Waals surface area contributed by atoms with E-state index in [1.54, 1.807) is 6.92 Å². The van der Waals surface area contributed by atoms with Crippen molar-refractivity contribution in [3.05, 3.63) is 34.0 Å². The highest BCUT2D eigenvalue weighted by molar-refractivity contribution is 5.72. The summed E-state index contributed by atoms with van der Waals surface area (Å²) in [4.78, 5) is 23.6. The molecule has 1 N–H and O–H groups in total. The Hall–Kier alpha value is -1.65. The van der Waals surface area contributed by atoms with E-state index in [2.05, 4.69) is 4.74 Å². The van der Waals surface area contributed by atoms with E-state index in [9.17, 15) is 14.0 Å². The third-order valence-corrected chi connectivity index (χ3v) is 1.59. The molecular weight excluding hydrogens is 189 g/mol. The number of halogens is 1. The molecule has 5 heteroatoms. The lowest BCUT2D eigenvalue weighted by Gasteiger charge is -2.02. The van der Waals surface area contributed by atoms with Crippen molar-refractivity contribution in [3.8, 4) is 0 Å². The van der Waals surface area contributed by atoms with Crippen molar-refractivity contribution < 1.29 is 13.9 Å². The summed E-state index contributed by atoms with van der Waals surface area (Å²) in [6, 6.07) is 2.43. The van der Waals surface area contributed by atoms with Crippen molar-refractivity contribution >= 4 is 5.97 Å². The van der Waals surface area contributed by atoms with E-state index in [0.717, 1.165) is 6.07 Å². The summed E-state index contributed by atoms with van der Waals surface area (Å²) in [5, 5.41) is 0. The molecule has 1 aromatic rings. The van der Waals surface area contributed by atoms with Crippen molar-refractivity contribution in [2.75, 3.05) is 6.61 Å². The molecule has 0 spiro atoms. The first kappa shape index (κ1) is 10.4. The summed E-state index contributed by atoms with van der Waals surface area (Å²) in [6.45, 7) is 1.92. The second-order valence-electron chi connectivity index (χ2n) is 2.64. The van der Waals surface area contributed by atoms with E-state index in [-0.39, 0.29) is 18.6 Å². The number of esters is 1. The zero-order chi connectivity index (χ0) is 10.6. The van der Waals surface area contributed by atoms with Crippen LogP contribution in [0.5, 0.6) is 0 Å². The summed E-state index contributed by atoms with van der Waals surface area (Å²) in [5.74, 6) is -1.30. The van der Waals surface area contributed by atoms with Crippen molar-refractivity contribution in [1.82, 2.24) is 4.98 Å². The minimum absolute atomic E-state index is 0.128. The lowest BCUT2D eigenvalue weighted by Crippen LogP contribution is -2.13. The van der Waals surface area contributed by atoms with Gasteiger partial charge >= 0.3 is 5.97 Å². The SMILES string of the molecule is CCOC(=O)Cc1ccc(=O)[nH]c1F. The minimum atomic E-state index is -0.787. The molecule has 0 aliphatic carbocycles. The monoisotopic (exact) mass is 199 g/mol. The van der Waals surface area contributed by atoms with E-state index in [1.807, 2.05) is 4.98 Å². The Morgan fingerprint density at radius 3 is 2.86 bits per heavy atom. The number of aromatic amines is 1. The number of ether oxygens (including phenoxy) is 1. The van der Waals surface area contributed by atoms with Gasteiger partial charge in [0, 0.05) is 11.6 Å². The second-order valence-corrected chi connectivity index (χ2v) is 2.64. The lowest BCUT2D eigenvalue weighted by atomic mass is 10.2. The van der Waals surface area contributed by atoms with E-state index in [4.69, 9.17) is 0 Å². The molecule has 1 aromatic heterocycles. The predicted octanol–water partition coefficient (Wildman–Crippen LogP) is 0.620. The standard InChI is InChI=1S/C9H10FNO3/c1-2-14-8(13)5-6-3-4-7(12)11-9(6)10/h3-4H,2,5H2,1H3,(H,11,12). The van der Waals surface area contributed by atoms with Gasteiger partial charge in [-0.05, 0) is 13.0 Å². The third kappa shape index (κ3) is 2.69. The minimum Gasteiger partial charge on any atom is -0.466 e. The molecule has 1 rings (SSSR count). The fraction of sp³-hybridized carbons (Fsp3) is 0.333. The van der Waals surface area contributed by atoms with Gasteiger partial charge in [0.25, 0.3) is 0 Å². The first-order valence-corrected chi connectivity index (χ1v) is 4.16. The van der Waals surface area contributed by atoms with Gasteiger partial charge < -0.3 is 4.74 Å². The van der Waals surface area contributed by atoms with Gasteiger partial charge in [0.2, 0.25) is 5.56 Å². The maximum atomic E-state index is 13.0. The van der Waals surface area contributed by atoms with Gasteiger partial charge in [-0.25, -0.2) is 0 Å². The maximum absolute atomic E-state index is 13.0. The molecule has 0 fully saturated rings. The predicted molar refractivity (Wildman–Crippen MR) is 47.4 cm³/mol. The zero-order valence-electron chi connectivity index (χ0n) is 7.67. The number of hydrogen-bond donors (Lipinski definition) is 1. The second kappa shape index (κ2) is 4.55. The summed E-state index contributed by atoms with van der Waals surface area (Å²) >= 11 is 0. The van der Waals surface area contributed by atoms with Crippen LogP contribution in [-0.2, 0) is 16.0 Å². The summed E-state index contributed by atoms with van der Waals surface area (Å²) in [6.07, 6.45) is -0.170. The fourth-order valence-electron chi connectivity index (χ4n) is 0.984. The number of hydrogen-bond acceptors (Lipinski definition) is 3. The van der Waals surface area contributed by atoms with Crippen LogP contribution >= 0.6 is 0 Å². The van der Waals surface area contributed by atoms with Gasteiger partial charge in [-0.1, -0.05) is 0 Å². The molecule has 0 unspecified atom stereocenters. The van der Waals surface area contributed by atoms with Crippen LogP contribution in [0.15, 0.2) is 16.9 Å². The Labute approximate surface area is 79.7 Å². The third-order valence-electron chi connectivity index (χ3n) is 1.59. The summed E-state index contributed by atoms with van der Waals surface area (Å²) < 4.78 is 17.6. The molecule has 0 bridgehead atoms. The Bertz CT molecular complexity index is 386. The number of pyridine rings is 1. The molecule has 0 aliphatic rings. The van der Waals surface area contributed by atoms with Gasteiger partial charge in [0.05, 0.1) is 13.0 Å². The molecule has 0 aliphatic heterocycles. The van der Waals surface area contributed by atoms with Crippen molar-refractivity contribution in [1.29, 1.82) is 0 Å². The molecule has 4 nitrogen and oxygen atoms in total. The van der Waals surface area contributed by atoms with E-state index in [1.165, 1.54) is 6.07 Å². The molecule has 0 saturated carbocycles. The fourth-order valence-corrected chi connectivity index (χ4v) is 0.984. The van der Waals surface area contributed by atoms with Crippen LogP contribution in [0.3, 0.4) is 0 Å². The van der Waals surface area contributed by atoms with E-state index < -0.39 is 17.5 Å². The van der Waals surface area contributed by atoms with Crippen LogP contribution in [0.2, 0.25) is 0 Å². The highest BCUT2D eigenvalue weighted by atomic mass is 19.1. The Balaban J connectivity index is 2.77. The number of H-pyrrole nitrogens is 1. The number of carbonyl (C=O) groups is 1. The maximum Gasteiger partial charge on any atom is 0.310 e. The Morgan fingerprint density at radius 1 is 1.57 bits per heavy atom. The summed E-state index contributed by atoms with van der Waals surface area (Å²) in [7, 11) is 0. The highest BCUT2D eigenvalue weighted by Gasteiger charge is 2.08. The number of carbonyl (C=O) groups excluding carboxylic acids is 1. The van der Waals surface area contributed by atoms with Crippen LogP contribution in [-0.4, -0.2) is 17.6 Å². The zero-order valence-corrected chi connectivity index (χ0v) is 7.67. The topological polar surface area (TPSA) is 59.2 Å². The van der Waals surface area contributed by atoms with Crippen molar-refractivity contribution in [2.45, 2.75) is 13.3 Å². The number of aromatic nitrogens is 1. The van der Waals surface area contributed by atoms with Crippen LogP contribution in [0, 0.1) is 5.95 Å². The molecule has 0 atom stereocenters. The largest absolute Gasteiger partial charge is 0.466 e. The van der Waals surface area contributed by atoms with Gasteiger partial charge in [-0.2, -0.15) is 4.39 Å². The molecule has 0 amide bonds. The smallest absolute Gasteiger partial charge is 0.310 e. The molecule has 0 saturated heterocycles.